The molecule has 110 valence electrons. The lowest BCUT2D eigenvalue weighted by molar-refractivity contribution is -0.141. The Kier molecular flexibility index (Phi) is 5.88. The molecule has 2 N–H and O–H groups in total. The normalized spacial score (nSPS) is 10.4. The van der Waals surface area contributed by atoms with Crippen molar-refractivity contribution >= 4 is 28.9 Å². The van der Waals surface area contributed by atoms with Gasteiger partial charge in [-0.1, -0.05) is 18.3 Å². The first kappa shape index (κ1) is 16.4. The molecule has 0 unspecified atom stereocenters. The van der Waals surface area contributed by atoms with Crippen LogP contribution in [0, 0.1) is 5.82 Å². The van der Waals surface area contributed by atoms with E-state index < -0.39 is 5.82 Å². The number of halogens is 1. The standard InChI is InChI=1S/C14H19FN2O2S/c1-4-19-12(18)8-17(9(2)3)11-7-5-6-10(15)13(11)14(16)20/h5-7,9H,4,8H2,1-3H3,(H2,16,20). The second-order valence-corrected chi connectivity index (χ2v) is 4.96. The highest BCUT2D eigenvalue weighted by atomic mass is 32.1. The van der Waals surface area contributed by atoms with Crippen molar-refractivity contribution in [1.29, 1.82) is 0 Å². The van der Waals surface area contributed by atoms with Crippen molar-refractivity contribution in [2.75, 3.05) is 18.1 Å². The summed E-state index contributed by atoms with van der Waals surface area (Å²) in [4.78, 5) is 13.4. The number of nitrogens with zero attached hydrogens (tertiary/aromatic N) is 1. The second kappa shape index (κ2) is 7.19. The maximum atomic E-state index is 13.9. The summed E-state index contributed by atoms with van der Waals surface area (Å²) < 4.78 is 18.8. The van der Waals surface area contributed by atoms with Crippen LogP contribution in [0.2, 0.25) is 0 Å². The lowest BCUT2D eigenvalue weighted by Gasteiger charge is -2.29. The highest BCUT2D eigenvalue weighted by Crippen LogP contribution is 2.25. The summed E-state index contributed by atoms with van der Waals surface area (Å²) in [5.74, 6) is -0.871. The fourth-order valence-corrected chi connectivity index (χ4v) is 2.09. The monoisotopic (exact) mass is 298 g/mol. The minimum absolute atomic E-state index is 0.0184. The van der Waals surface area contributed by atoms with Crippen LogP contribution in [-0.2, 0) is 9.53 Å². The maximum Gasteiger partial charge on any atom is 0.325 e. The third-order valence-corrected chi connectivity index (χ3v) is 2.98. The molecule has 0 aliphatic rings. The number of esters is 1. The first-order valence-corrected chi connectivity index (χ1v) is 6.79. The molecule has 6 heteroatoms. The van der Waals surface area contributed by atoms with E-state index in [9.17, 15) is 9.18 Å². The molecular formula is C14H19FN2O2S. The number of ether oxygens (including phenoxy) is 1. The predicted octanol–water partition coefficient (Wildman–Crippen LogP) is 2.24. The zero-order valence-corrected chi connectivity index (χ0v) is 12.7. The number of carbonyl (C=O) groups is 1. The van der Waals surface area contributed by atoms with E-state index >= 15 is 0 Å². The molecule has 0 radical (unpaired) electrons. The summed E-state index contributed by atoms with van der Waals surface area (Å²) in [5.41, 5.74) is 6.25. The van der Waals surface area contributed by atoms with Crippen molar-refractivity contribution in [2.45, 2.75) is 26.8 Å². The van der Waals surface area contributed by atoms with Gasteiger partial charge in [0.15, 0.2) is 0 Å². The van der Waals surface area contributed by atoms with Gasteiger partial charge in [0.05, 0.1) is 17.9 Å². The summed E-state index contributed by atoms with van der Waals surface area (Å²) in [5, 5.41) is 0. The van der Waals surface area contributed by atoms with Gasteiger partial charge in [0.1, 0.15) is 17.4 Å². The molecule has 0 amide bonds. The Morgan fingerprint density at radius 3 is 2.65 bits per heavy atom. The van der Waals surface area contributed by atoms with Crippen molar-refractivity contribution in [3.8, 4) is 0 Å². The molecule has 0 aliphatic carbocycles. The number of thiocarbonyl (C=S) groups is 1. The van der Waals surface area contributed by atoms with E-state index in [0.29, 0.717) is 12.3 Å². The minimum Gasteiger partial charge on any atom is -0.465 e. The molecule has 0 spiro atoms. The zero-order chi connectivity index (χ0) is 15.3. The predicted molar refractivity (Wildman–Crippen MR) is 81.4 cm³/mol. The molecule has 4 nitrogen and oxygen atoms in total. The van der Waals surface area contributed by atoms with Gasteiger partial charge >= 0.3 is 5.97 Å². The molecule has 0 fully saturated rings. The lowest BCUT2D eigenvalue weighted by Crippen LogP contribution is -2.38. The van der Waals surface area contributed by atoms with Gasteiger partial charge in [0.25, 0.3) is 0 Å². The molecule has 0 saturated carbocycles. The lowest BCUT2D eigenvalue weighted by atomic mass is 10.1. The SMILES string of the molecule is CCOC(=O)CN(c1cccc(F)c1C(N)=S)C(C)C. The van der Waals surface area contributed by atoms with E-state index in [4.69, 9.17) is 22.7 Å². The fourth-order valence-electron chi connectivity index (χ4n) is 1.89. The van der Waals surface area contributed by atoms with Crippen molar-refractivity contribution in [1.82, 2.24) is 0 Å². The van der Waals surface area contributed by atoms with Crippen molar-refractivity contribution in [2.24, 2.45) is 5.73 Å². The largest absolute Gasteiger partial charge is 0.465 e. The first-order valence-electron chi connectivity index (χ1n) is 6.39. The van der Waals surface area contributed by atoms with Crippen LogP contribution >= 0.6 is 12.2 Å². The fraction of sp³-hybridized carbons (Fsp3) is 0.429. The van der Waals surface area contributed by atoms with Crippen LogP contribution in [0.25, 0.3) is 0 Å². The van der Waals surface area contributed by atoms with Gasteiger partial charge < -0.3 is 15.4 Å². The Morgan fingerprint density at radius 1 is 1.50 bits per heavy atom. The molecule has 1 aromatic carbocycles. The third-order valence-electron chi connectivity index (χ3n) is 2.78. The van der Waals surface area contributed by atoms with E-state index in [1.807, 2.05) is 13.8 Å². The molecule has 0 atom stereocenters. The number of anilines is 1. The van der Waals surface area contributed by atoms with Gasteiger partial charge in [-0.15, -0.1) is 0 Å². The van der Waals surface area contributed by atoms with E-state index in [0.717, 1.165) is 0 Å². The van der Waals surface area contributed by atoms with E-state index in [-0.39, 0.29) is 29.1 Å². The van der Waals surface area contributed by atoms with Gasteiger partial charge in [0.2, 0.25) is 0 Å². The number of benzene rings is 1. The van der Waals surface area contributed by atoms with Crippen LogP contribution in [0.4, 0.5) is 10.1 Å². The van der Waals surface area contributed by atoms with Crippen LogP contribution in [0.1, 0.15) is 26.3 Å². The Bertz CT molecular complexity index is 506. The second-order valence-electron chi connectivity index (χ2n) is 4.52. The molecule has 0 saturated heterocycles. The highest BCUT2D eigenvalue weighted by molar-refractivity contribution is 7.80. The summed E-state index contributed by atoms with van der Waals surface area (Å²) in [6.45, 7) is 5.85. The minimum atomic E-state index is -0.496. The average molecular weight is 298 g/mol. The van der Waals surface area contributed by atoms with Gasteiger partial charge in [-0.3, -0.25) is 4.79 Å². The Labute approximate surface area is 123 Å². The van der Waals surface area contributed by atoms with Gasteiger partial charge in [0, 0.05) is 6.04 Å². The molecule has 0 aliphatic heterocycles. The number of hydrogen-bond acceptors (Lipinski definition) is 4. The molecular weight excluding hydrogens is 279 g/mol. The molecule has 20 heavy (non-hydrogen) atoms. The number of carbonyl (C=O) groups excluding carboxylic acids is 1. The molecule has 1 aromatic rings. The third kappa shape index (κ3) is 3.90. The first-order chi connectivity index (χ1) is 9.38. The molecule has 0 bridgehead atoms. The number of nitrogens with two attached hydrogens (primary N) is 1. The van der Waals surface area contributed by atoms with E-state index in [2.05, 4.69) is 0 Å². The van der Waals surface area contributed by atoms with E-state index in [1.165, 1.54) is 6.07 Å². The molecule has 1 rings (SSSR count). The Hall–Kier alpha value is -1.69. The Morgan fingerprint density at radius 2 is 2.15 bits per heavy atom. The van der Waals surface area contributed by atoms with Crippen molar-refractivity contribution in [3.05, 3.63) is 29.6 Å². The molecule has 0 aromatic heterocycles. The van der Waals surface area contributed by atoms with Gasteiger partial charge in [-0.2, -0.15) is 0 Å². The summed E-state index contributed by atoms with van der Waals surface area (Å²) in [6, 6.07) is 4.51. The highest BCUT2D eigenvalue weighted by Gasteiger charge is 2.21. The van der Waals surface area contributed by atoms with Crippen molar-refractivity contribution in [3.63, 3.8) is 0 Å². The smallest absolute Gasteiger partial charge is 0.325 e. The topological polar surface area (TPSA) is 55.6 Å². The summed E-state index contributed by atoms with van der Waals surface area (Å²) in [7, 11) is 0. The average Bonchev–Trinajstić information content (AvgIpc) is 2.35. The quantitative estimate of drug-likeness (QED) is 0.645. The van der Waals surface area contributed by atoms with Crippen LogP contribution in [-0.4, -0.2) is 30.2 Å². The van der Waals surface area contributed by atoms with Crippen LogP contribution in [0.5, 0.6) is 0 Å². The summed E-state index contributed by atoms with van der Waals surface area (Å²) >= 11 is 4.90. The zero-order valence-electron chi connectivity index (χ0n) is 11.9. The van der Waals surface area contributed by atoms with Crippen LogP contribution < -0.4 is 10.6 Å². The van der Waals surface area contributed by atoms with Gasteiger partial charge in [-0.05, 0) is 32.9 Å². The van der Waals surface area contributed by atoms with Crippen LogP contribution in [0.3, 0.4) is 0 Å². The van der Waals surface area contributed by atoms with Crippen LogP contribution in [0.15, 0.2) is 18.2 Å². The van der Waals surface area contributed by atoms with Crippen molar-refractivity contribution < 1.29 is 13.9 Å². The Balaban J connectivity index is 3.19. The number of rotatable bonds is 6. The summed E-state index contributed by atoms with van der Waals surface area (Å²) in [6.07, 6.45) is 0. The maximum absolute atomic E-state index is 13.9. The van der Waals surface area contributed by atoms with Gasteiger partial charge in [-0.25, -0.2) is 4.39 Å². The molecule has 0 heterocycles. The van der Waals surface area contributed by atoms with E-state index in [1.54, 1.807) is 24.0 Å². The number of hydrogen-bond donors (Lipinski definition) is 1.